The Bertz CT molecular complexity index is 672. The van der Waals surface area contributed by atoms with Crippen molar-refractivity contribution in [3.8, 4) is 6.07 Å². The van der Waals surface area contributed by atoms with Crippen molar-refractivity contribution in [1.82, 2.24) is 4.98 Å². The van der Waals surface area contributed by atoms with Gasteiger partial charge in [-0.05, 0) is 54.7 Å². The first-order chi connectivity index (χ1) is 9.76. The number of pyridine rings is 1. The summed E-state index contributed by atoms with van der Waals surface area (Å²) >= 11 is 0. The van der Waals surface area contributed by atoms with E-state index in [0.717, 1.165) is 30.6 Å². The lowest BCUT2D eigenvalue weighted by atomic mass is 9.87. The maximum Gasteiger partial charge on any atom is 0.142 e. The number of benzene rings is 1. The zero-order valence-corrected chi connectivity index (χ0v) is 11.1. The van der Waals surface area contributed by atoms with Crippen molar-refractivity contribution in [2.24, 2.45) is 0 Å². The van der Waals surface area contributed by atoms with Crippen LogP contribution in [0.25, 0.3) is 0 Å². The number of nitrogens with one attached hydrogen (secondary N) is 1. The molecule has 2 aromatic rings. The van der Waals surface area contributed by atoms with Gasteiger partial charge in [-0.3, -0.25) is 0 Å². The van der Waals surface area contributed by atoms with E-state index in [9.17, 15) is 0 Å². The third kappa shape index (κ3) is 2.43. The minimum Gasteiger partial charge on any atom is -0.399 e. The van der Waals surface area contributed by atoms with E-state index >= 15 is 0 Å². The molecule has 1 heterocycles. The zero-order valence-electron chi connectivity index (χ0n) is 11.1. The quantitative estimate of drug-likeness (QED) is 0.817. The van der Waals surface area contributed by atoms with Gasteiger partial charge in [-0.1, -0.05) is 6.07 Å². The van der Waals surface area contributed by atoms with Gasteiger partial charge in [0.05, 0.1) is 6.04 Å². The van der Waals surface area contributed by atoms with Gasteiger partial charge in [-0.2, -0.15) is 5.26 Å². The molecule has 1 atom stereocenters. The molecular formula is C16H16N4. The number of aromatic nitrogens is 1. The van der Waals surface area contributed by atoms with E-state index in [4.69, 9.17) is 11.0 Å². The van der Waals surface area contributed by atoms with Crippen molar-refractivity contribution < 1.29 is 0 Å². The van der Waals surface area contributed by atoms with Gasteiger partial charge in [0.1, 0.15) is 11.8 Å². The molecule has 0 aliphatic heterocycles. The van der Waals surface area contributed by atoms with Gasteiger partial charge in [-0.25, -0.2) is 4.98 Å². The molecule has 0 spiro atoms. The van der Waals surface area contributed by atoms with E-state index in [1.165, 1.54) is 11.1 Å². The molecular weight excluding hydrogens is 248 g/mol. The van der Waals surface area contributed by atoms with Gasteiger partial charge >= 0.3 is 0 Å². The molecule has 1 aromatic heterocycles. The summed E-state index contributed by atoms with van der Waals surface area (Å²) in [7, 11) is 0. The molecule has 0 bridgehead atoms. The van der Waals surface area contributed by atoms with Crippen LogP contribution < -0.4 is 11.1 Å². The number of nitriles is 1. The van der Waals surface area contributed by atoms with Crippen molar-refractivity contribution in [2.75, 3.05) is 11.1 Å². The second-order valence-corrected chi connectivity index (χ2v) is 5.09. The SMILES string of the molecule is N#Cc1cc(NC2CCCc3cc(N)ccc32)ccn1. The van der Waals surface area contributed by atoms with Crippen LogP contribution >= 0.6 is 0 Å². The molecule has 100 valence electrons. The molecule has 20 heavy (non-hydrogen) atoms. The van der Waals surface area contributed by atoms with E-state index < -0.39 is 0 Å². The van der Waals surface area contributed by atoms with Gasteiger partial charge in [0.15, 0.2) is 0 Å². The van der Waals surface area contributed by atoms with Crippen molar-refractivity contribution in [1.29, 1.82) is 5.26 Å². The third-order valence-electron chi connectivity index (χ3n) is 3.70. The highest BCUT2D eigenvalue weighted by molar-refractivity contribution is 5.52. The maximum atomic E-state index is 8.90. The zero-order chi connectivity index (χ0) is 13.9. The number of nitrogen functional groups attached to an aromatic ring is 1. The maximum absolute atomic E-state index is 8.90. The molecule has 3 N–H and O–H groups in total. The van der Waals surface area contributed by atoms with Gasteiger partial charge in [0.25, 0.3) is 0 Å². The molecule has 0 saturated carbocycles. The van der Waals surface area contributed by atoms with Crippen LogP contribution in [-0.4, -0.2) is 4.98 Å². The lowest BCUT2D eigenvalue weighted by Gasteiger charge is -2.27. The number of anilines is 2. The van der Waals surface area contributed by atoms with Crippen LogP contribution in [0.3, 0.4) is 0 Å². The first-order valence-corrected chi connectivity index (χ1v) is 6.77. The number of hydrogen-bond acceptors (Lipinski definition) is 4. The molecule has 3 rings (SSSR count). The lowest BCUT2D eigenvalue weighted by Crippen LogP contribution is -2.17. The first kappa shape index (κ1) is 12.5. The smallest absolute Gasteiger partial charge is 0.142 e. The molecule has 1 aliphatic rings. The average molecular weight is 264 g/mol. The third-order valence-corrected chi connectivity index (χ3v) is 3.70. The molecule has 0 radical (unpaired) electrons. The van der Waals surface area contributed by atoms with Crippen LogP contribution in [0.15, 0.2) is 36.5 Å². The lowest BCUT2D eigenvalue weighted by molar-refractivity contribution is 0.600. The largest absolute Gasteiger partial charge is 0.399 e. The Kier molecular flexibility index (Phi) is 3.26. The molecule has 0 fully saturated rings. The van der Waals surface area contributed by atoms with Crippen LogP contribution in [0.1, 0.15) is 35.7 Å². The standard InChI is InChI=1S/C16H16N4/c17-10-14-9-13(6-7-19-14)20-16-3-1-2-11-8-12(18)4-5-15(11)16/h4-9,16H,1-3,18H2,(H,19,20). The van der Waals surface area contributed by atoms with Crippen molar-refractivity contribution in [3.05, 3.63) is 53.3 Å². The Morgan fingerprint density at radius 3 is 3.05 bits per heavy atom. The highest BCUT2D eigenvalue weighted by Crippen LogP contribution is 2.33. The highest BCUT2D eigenvalue weighted by Gasteiger charge is 2.20. The second kappa shape index (κ2) is 5.22. The predicted octanol–water partition coefficient (Wildman–Crippen LogP) is 3.02. The van der Waals surface area contributed by atoms with Crippen LogP contribution in [0, 0.1) is 11.3 Å². The Morgan fingerprint density at radius 1 is 1.30 bits per heavy atom. The number of fused-ring (bicyclic) bond motifs is 1. The van der Waals surface area contributed by atoms with Crippen LogP contribution in [0.2, 0.25) is 0 Å². The number of nitrogens with two attached hydrogens (primary N) is 1. The molecule has 0 saturated heterocycles. The normalized spacial score (nSPS) is 17.1. The van der Waals surface area contributed by atoms with Crippen LogP contribution in [0.5, 0.6) is 0 Å². The minimum atomic E-state index is 0.272. The molecule has 1 unspecified atom stereocenters. The number of aryl methyl sites for hydroxylation is 1. The van der Waals surface area contributed by atoms with Gasteiger partial charge < -0.3 is 11.1 Å². The van der Waals surface area contributed by atoms with E-state index in [1.54, 1.807) is 12.3 Å². The summed E-state index contributed by atoms with van der Waals surface area (Å²) in [6, 6.07) is 12.1. The average Bonchev–Trinajstić information content (AvgIpc) is 2.47. The van der Waals surface area contributed by atoms with Crippen molar-refractivity contribution in [3.63, 3.8) is 0 Å². The van der Waals surface area contributed by atoms with E-state index in [1.807, 2.05) is 12.1 Å². The Labute approximate surface area is 118 Å². The second-order valence-electron chi connectivity index (χ2n) is 5.09. The summed E-state index contributed by atoms with van der Waals surface area (Å²) < 4.78 is 0. The van der Waals surface area contributed by atoms with Crippen molar-refractivity contribution in [2.45, 2.75) is 25.3 Å². The van der Waals surface area contributed by atoms with E-state index in [0.29, 0.717) is 5.69 Å². The monoisotopic (exact) mass is 264 g/mol. The summed E-state index contributed by atoms with van der Waals surface area (Å²) in [6.07, 6.45) is 4.97. The summed E-state index contributed by atoms with van der Waals surface area (Å²) in [5.41, 5.74) is 10.7. The molecule has 4 nitrogen and oxygen atoms in total. The molecule has 0 amide bonds. The van der Waals surface area contributed by atoms with Crippen molar-refractivity contribution >= 4 is 11.4 Å². The molecule has 4 heteroatoms. The summed E-state index contributed by atoms with van der Waals surface area (Å²) in [6.45, 7) is 0. The number of nitrogens with zero attached hydrogens (tertiary/aromatic N) is 2. The Morgan fingerprint density at radius 2 is 2.20 bits per heavy atom. The van der Waals surface area contributed by atoms with Gasteiger partial charge in [0.2, 0.25) is 0 Å². The van der Waals surface area contributed by atoms with Crippen LogP contribution in [-0.2, 0) is 6.42 Å². The van der Waals surface area contributed by atoms with E-state index in [2.05, 4.69) is 28.5 Å². The molecule has 1 aliphatic carbocycles. The minimum absolute atomic E-state index is 0.272. The fourth-order valence-electron chi connectivity index (χ4n) is 2.77. The summed E-state index contributed by atoms with van der Waals surface area (Å²) in [5, 5.41) is 12.4. The topological polar surface area (TPSA) is 74.7 Å². The van der Waals surface area contributed by atoms with Gasteiger partial charge in [0, 0.05) is 17.6 Å². The fourth-order valence-corrected chi connectivity index (χ4v) is 2.77. The fraction of sp³-hybridized carbons (Fsp3) is 0.250. The first-order valence-electron chi connectivity index (χ1n) is 6.77. The summed E-state index contributed by atoms with van der Waals surface area (Å²) in [4.78, 5) is 3.99. The molecule has 1 aromatic carbocycles. The Balaban J connectivity index is 1.88. The summed E-state index contributed by atoms with van der Waals surface area (Å²) in [5.74, 6) is 0. The van der Waals surface area contributed by atoms with E-state index in [-0.39, 0.29) is 6.04 Å². The van der Waals surface area contributed by atoms with Gasteiger partial charge in [-0.15, -0.1) is 0 Å². The number of rotatable bonds is 2. The number of hydrogen-bond donors (Lipinski definition) is 2. The Hall–Kier alpha value is -2.54. The van der Waals surface area contributed by atoms with Crippen LogP contribution in [0.4, 0.5) is 11.4 Å². The predicted molar refractivity (Wildman–Crippen MR) is 79.1 cm³/mol. The highest BCUT2D eigenvalue weighted by atomic mass is 14.9.